The van der Waals surface area contributed by atoms with Gasteiger partial charge in [0.2, 0.25) is 0 Å². The molecule has 0 saturated carbocycles. The van der Waals surface area contributed by atoms with Gasteiger partial charge in [-0.15, -0.1) is 0 Å². The third-order valence-electron chi connectivity index (χ3n) is 2.04. The van der Waals surface area contributed by atoms with E-state index < -0.39 is 8.25 Å². The molecule has 0 aliphatic heterocycles. The average Bonchev–Trinajstić information content (AvgIpc) is 2.29. The van der Waals surface area contributed by atoms with Crippen molar-refractivity contribution in [3.05, 3.63) is 54.1 Å². The highest BCUT2D eigenvalue weighted by atomic mass is 31.1. The summed E-state index contributed by atoms with van der Waals surface area (Å²) in [6.07, 6.45) is 6.23. The lowest BCUT2D eigenvalue weighted by Crippen LogP contribution is -1.83. The van der Waals surface area contributed by atoms with E-state index in [1.807, 2.05) is 30.3 Å². The molecule has 0 aliphatic carbocycles. The first-order chi connectivity index (χ1) is 7.72. The Balaban J connectivity index is 2.36. The molecule has 0 radical (unpaired) electrons. The molecule has 3 nitrogen and oxygen atoms in total. The summed E-state index contributed by atoms with van der Waals surface area (Å²) >= 11 is 0. The number of allylic oxidation sites excluding steroid dienone is 1. The van der Waals surface area contributed by atoms with Gasteiger partial charge < -0.3 is 9.42 Å². The van der Waals surface area contributed by atoms with E-state index in [1.54, 1.807) is 12.2 Å². The van der Waals surface area contributed by atoms with Crippen LogP contribution in [0.2, 0.25) is 0 Å². The van der Waals surface area contributed by atoms with Crippen molar-refractivity contribution < 1.29 is 14.0 Å². The van der Waals surface area contributed by atoms with Crippen LogP contribution in [0, 0.1) is 0 Å². The molecular formula is C12H15O3P. The van der Waals surface area contributed by atoms with E-state index in [9.17, 15) is 4.57 Å². The Kier molecular flexibility index (Phi) is 5.79. The normalized spacial score (nSPS) is 12.8. The fourth-order valence-electron chi connectivity index (χ4n) is 1.20. The second kappa shape index (κ2) is 7.18. The SMILES string of the molecule is C=Cc1ccc(CC=CCO[PH](=O)O)cc1. The zero-order valence-corrected chi connectivity index (χ0v) is 9.93. The van der Waals surface area contributed by atoms with Crippen LogP contribution in [0.3, 0.4) is 0 Å². The quantitative estimate of drug-likeness (QED) is 0.612. The molecule has 86 valence electrons. The lowest BCUT2D eigenvalue weighted by atomic mass is 10.1. The lowest BCUT2D eigenvalue weighted by molar-refractivity contribution is 0.312. The van der Waals surface area contributed by atoms with Gasteiger partial charge in [0.25, 0.3) is 0 Å². The summed E-state index contributed by atoms with van der Waals surface area (Å²) in [7, 11) is -2.80. The van der Waals surface area contributed by atoms with Crippen LogP contribution in [-0.2, 0) is 15.5 Å². The smallest absolute Gasteiger partial charge is 0.316 e. The average molecular weight is 238 g/mol. The molecule has 1 atom stereocenters. The highest BCUT2D eigenvalue weighted by Gasteiger charge is 1.90. The van der Waals surface area contributed by atoms with E-state index in [4.69, 9.17) is 4.89 Å². The molecule has 0 saturated heterocycles. The Morgan fingerprint density at radius 3 is 2.56 bits per heavy atom. The van der Waals surface area contributed by atoms with Crippen molar-refractivity contribution in [1.82, 2.24) is 0 Å². The molecule has 0 fully saturated rings. The van der Waals surface area contributed by atoms with Crippen LogP contribution in [-0.4, -0.2) is 11.5 Å². The first kappa shape index (κ1) is 12.9. The first-order valence-corrected chi connectivity index (χ1v) is 6.21. The summed E-state index contributed by atoms with van der Waals surface area (Å²) < 4.78 is 14.7. The molecule has 4 heteroatoms. The Morgan fingerprint density at radius 2 is 2.00 bits per heavy atom. The molecule has 0 amide bonds. The van der Waals surface area contributed by atoms with Gasteiger partial charge >= 0.3 is 8.25 Å². The van der Waals surface area contributed by atoms with Crippen molar-refractivity contribution in [2.24, 2.45) is 0 Å². The summed E-state index contributed by atoms with van der Waals surface area (Å²) in [5.41, 5.74) is 2.27. The van der Waals surface area contributed by atoms with Gasteiger partial charge in [-0.2, -0.15) is 0 Å². The molecule has 1 aromatic carbocycles. The molecule has 0 heterocycles. The van der Waals surface area contributed by atoms with Crippen molar-refractivity contribution in [2.75, 3.05) is 6.61 Å². The summed E-state index contributed by atoms with van der Waals surface area (Å²) in [5.74, 6) is 0. The molecular weight excluding hydrogens is 223 g/mol. The molecule has 1 N–H and O–H groups in total. The van der Waals surface area contributed by atoms with E-state index in [2.05, 4.69) is 11.1 Å². The van der Waals surface area contributed by atoms with Crippen LogP contribution < -0.4 is 0 Å². The number of benzene rings is 1. The second-order valence-electron chi connectivity index (χ2n) is 3.20. The fourth-order valence-corrected chi connectivity index (χ4v) is 1.44. The number of rotatable bonds is 6. The zero-order valence-electron chi connectivity index (χ0n) is 8.93. The van der Waals surface area contributed by atoms with Gasteiger partial charge in [-0.3, -0.25) is 4.57 Å². The lowest BCUT2D eigenvalue weighted by Gasteiger charge is -1.97. The van der Waals surface area contributed by atoms with Crippen LogP contribution in [0.4, 0.5) is 0 Å². The van der Waals surface area contributed by atoms with Gasteiger partial charge in [0.1, 0.15) is 0 Å². The van der Waals surface area contributed by atoms with Crippen molar-refractivity contribution >= 4 is 14.3 Å². The molecule has 1 aromatic rings. The van der Waals surface area contributed by atoms with E-state index in [0.29, 0.717) is 0 Å². The third kappa shape index (κ3) is 5.08. The molecule has 1 rings (SSSR count). The Bertz CT molecular complexity index is 382. The summed E-state index contributed by atoms with van der Waals surface area (Å²) in [6, 6.07) is 8.05. The van der Waals surface area contributed by atoms with Gasteiger partial charge in [-0.05, 0) is 17.5 Å². The molecule has 1 unspecified atom stereocenters. The number of hydrogen-bond acceptors (Lipinski definition) is 2. The van der Waals surface area contributed by atoms with Crippen LogP contribution in [0.25, 0.3) is 6.08 Å². The maximum Gasteiger partial charge on any atom is 0.316 e. The minimum Gasteiger partial charge on any atom is -0.326 e. The Hall–Kier alpha value is -1.15. The second-order valence-corrected chi connectivity index (χ2v) is 4.02. The van der Waals surface area contributed by atoms with Gasteiger partial charge in [-0.25, -0.2) is 0 Å². The maximum atomic E-state index is 10.2. The predicted octanol–water partition coefficient (Wildman–Crippen LogP) is 2.83. The monoisotopic (exact) mass is 238 g/mol. The van der Waals surface area contributed by atoms with Crippen LogP contribution in [0.15, 0.2) is 43.0 Å². The predicted molar refractivity (Wildman–Crippen MR) is 66.5 cm³/mol. The minimum absolute atomic E-state index is 0.180. The zero-order chi connectivity index (χ0) is 11.8. The minimum atomic E-state index is -2.80. The standard InChI is InChI=1S/C12H15O3P/c1-2-11-6-8-12(9-7-11)5-3-4-10-15-16(13)14/h2-4,6-9,16H,1,5,10H2,(H,13,14). The van der Waals surface area contributed by atoms with E-state index in [1.165, 1.54) is 5.56 Å². The van der Waals surface area contributed by atoms with Crippen LogP contribution >= 0.6 is 8.25 Å². The Morgan fingerprint density at radius 1 is 1.31 bits per heavy atom. The third-order valence-corrected chi connectivity index (χ3v) is 2.45. The van der Waals surface area contributed by atoms with Gasteiger partial charge in [0.05, 0.1) is 6.61 Å². The molecule has 16 heavy (non-hydrogen) atoms. The van der Waals surface area contributed by atoms with Gasteiger partial charge in [0, 0.05) is 0 Å². The van der Waals surface area contributed by atoms with Crippen molar-refractivity contribution in [1.29, 1.82) is 0 Å². The van der Waals surface area contributed by atoms with Gasteiger partial charge in [-0.1, -0.05) is 49.1 Å². The topological polar surface area (TPSA) is 46.5 Å². The number of hydrogen-bond donors (Lipinski definition) is 1. The van der Waals surface area contributed by atoms with Crippen molar-refractivity contribution in [2.45, 2.75) is 6.42 Å². The molecule has 0 spiro atoms. The molecule has 0 bridgehead atoms. The maximum absolute atomic E-state index is 10.2. The van der Waals surface area contributed by atoms with Crippen LogP contribution in [0.5, 0.6) is 0 Å². The molecule has 0 aliphatic rings. The highest BCUT2D eigenvalue weighted by molar-refractivity contribution is 7.32. The fraction of sp³-hybridized carbons (Fsp3) is 0.167. The van der Waals surface area contributed by atoms with Crippen molar-refractivity contribution in [3.63, 3.8) is 0 Å². The van der Waals surface area contributed by atoms with E-state index >= 15 is 0 Å². The summed E-state index contributed by atoms with van der Waals surface area (Å²) in [4.78, 5) is 8.41. The van der Waals surface area contributed by atoms with E-state index in [0.717, 1.165) is 12.0 Å². The van der Waals surface area contributed by atoms with Crippen LogP contribution in [0.1, 0.15) is 11.1 Å². The first-order valence-electron chi connectivity index (χ1n) is 4.94. The Labute approximate surface area is 96.0 Å². The van der Waals surface area contributed by atoms with Gasteiger partial charge in [0.15, 0.2) is 0 Å². The molecule has 0 aromatic heterocycles. The van der Waals surface area contributed by atoms with E-state index in [-0.39, 0.29) is 6.61 Å². The largest absolute Gasteiger partial charge is 0.326 e. The van der Waals surface area contributed by atoms with Crippen molar-refractivity contribution in [3.8, 4) is 0 Å². The summed E-state index contributed by atoms with van der Waals surface area (Å²) in [5, 5.41) is 0. The summed E-state index contributed by atoms with van der Waals surface area (Å²) in [6.45, 7) is 3.86. The highest BCUT2D eigenvalue weighted by Crippen LogP contribution is 2.13.